The lowest BCUT2D eigenvalue weighted by atomic mass is 9.95. The van der Waals surface area contributed by atoms with E-state index in [1.807, 2.05) is 54.6 Å². The Kier molecular flexibility index (Phi) is 11.5. The topological polar surface area (TPSA) is 122 Å². The van der Waals surface area contributed by atoms with Gasteiger partial charge in [0.2, 0.25) is 5.91 Å². The summed E-state index contributed by atoms with van der Waals surface area (Å²) in [6.45, 7) is 11.7. The Morgan fingerprint density at radius 2 is 1.57 bits per heavy atom. The Balaban J connectivity index is 1.22. The lowest BCUT2D eigenvalue weighted by molar-refractivity contribution is -0.153. The molecular weight excluding hydrogens is 637 g/mol. The molecule has 1 aliphatic rings. The summed E-state index contributed by atoms with van der Waals surface area (Å²) in [7, 11) is 0. The molecule has 0 radical (unpaired) electrons. The van der Waals surface area contributed by atoms with Crippen LogP contribution in [-0.4, -0.2) is 63.5 Å². The standard InChI is InChI=1S/C39H46N4O5S/c1-25(2)8-6-7-19-48-31-15-13-27(14-16-31)29-21-40-35(41-22-29)28-11-9-26(10-12-28)20-32(37(45)43-23-30(24-43)38(46)47)42-36(44)33-17-18-34(49-33)39(3,4)5/h9-18,21-22,25,30,32H,6-8,19-20,23-24H2,1-5H3,(H,42,44)(H,46,47)/t32-/m0/s1. The molecule has 2 N–H and O–H groups in total. The number of carbonyl (C=O) groups is 3. The van der Waals surface area contributed by atoms with E-state index >= 15 is 0 Å². The van der Waals surface area contributed by atoms with Crippen molar-refractivity contribution < 1.29 is 24.2 Å². The number of carboxylic acid groups (broad SMARTS) is 1. The van der Waals surface area contributed by atoms with Gasteiger partial charge in [0, 0.05) is 47.9 Å². The maximum atomic E-state index is 13.5. The Morgan fingerprint density at radius 1 is 0.918 bits per heavy atom. The molecule has 2 amide bonds. The summed E-state index contributed by atoms with van der Waals surface area (Å²) in [6, 6.07) is 18.5. The first kappa shape index (κ1) is 35.7. The van der Waals surface area contributed by atoms with Gasteiger partial charge in [-0.3, -0.25) is 14.4 Å². The van der Waals surface area contributed by atoms with Crippen LogP contribution in [0.15, 0.2) is 73.1 Å². The molecule has 0 unspecified atom stereocenters. The molecule has 1 saturated heterocycles. The number of hydrogen-bond acceptors (Lipinski definition) is 7. The molecule has 4 aromatic rings. The lowest BCUT2D eigenvalue weighted by Crippen LogP contribution is -2.59. The molecule has 0 bridgehead atoms. The fraction of sp³-hybridized carbons (Fsp3) is 0.410. The van der Waals surface area contributed by atoms with E-state index in [1.165, 1.54) is 29.1 Å². The average molecular weight is 683 g/mol. The minimum absolute atomic E-state index is 0.0963. The van der Waals surface area contributed by atoms with Gasteiger partial charge in [0.25, 0.3) is 5.91 Å². The van der Waals surface area contributed by atoms with Gasteiger partial charge in [-0.1, -0.05) is 77.4 Å². The molecule has 3 heterocycles. The molecule has 1 aliphatic heterocycles. The largest absolute Gasteiger partial charge is 0.494 e. The van der Waals surface area contributed by atoms with Crippen molar-refractivity contribution >= 4 is 29.1 Å². The Morgan fingerprint density at radius 3 is 2.16 bits per heavy atom. The van der Waals surface area contributed by atoms with Crippen molar-refractivity contribution in [3.8, 4) is 28.3 Å². The van der Waals surface area contributed by atoms with Gasteiger partial charge >= 0.3 is 5.97 Å². The molecule has 1 fully saturated rings. The molecule has 0 aliphatic carbocycles. The second-order valence-electron chi connectivity index (χ2n) is 14.2. The van der Waals surface area contributed by atoms with Crippen LogP contribution in [0.25, 0.3) is 22.5 Å². The fourth-order valence-corrected chi connectivity index (χ4v) is 6.53. The summed E-state index contributed by atoms with van der Waals surface area (Å²) in [5, 5.41) is 12.2. The van der Waals surface area contributed by atoms with Crippen LogP contribution in [0.2, 0.25) is 0 Å². The number of rotatable bonds is 14. The number of thiophene rings is 1. The number of carboxylic acids is 1. The highest BCUT2D eigenvalue weighted by Crippen LogP contribution is 2.30. The van der Waals surface area contributed by atoms with Crippen molar-refractivity contribution in [3.63, 3.8) is 0 Å². The number of unbranched alkanes of at least 4 members (excludes halogenated alkanes) is 1. The van der Waals surface area contributed by atoms with E-state index in [4.69, 9.17) is 4.74 Å². The summed E-state index contributed by atoms with van der Waals surface area (Å²) in [5.74, 6) is 0.0289. The first-order valence-corrected chi connectivity index (χ1v) is 17.8. The van der Waals surface area contributed by atoms with Crippen molar-refractivity contribution in [3.05, 3.63) is 88.4 Å². The molecule has 49 heavy (non-hydrogen) atoms. The Bertz CT molecular complexity index is 1720. The SMILES string of the molecule is CC(C)CCCCOc1ccc(-c2cnc(-c3ccc(C[C@H](NC(=O)c4ccc(C(C)(C)C)s4)C(=O)N4CC(C(=O)O)C4)cc3)nc2)cc1. The summed E-state index contributed by atoms with van der Waals surface area (Å²) < 4.78 is 5.89. The van der Waals surface area contributed by atoms with E-state index in [0.717, 1.165) is 45.2 Å². The predicted octanol–water partition coefficient (Wildman–Crippen LogP) is 7.26. The smallest absolute Gasteiger partial charge is 0.310 e. The molecule has 2 aromatic carbocycles. The van der Waals surface area contributed by atoms with Gasteiger partial charge in [-0.2, -0.15) is 0 Å². The van der Waals surface area contributed by atoms with Gasteiger partial charge < -0.3 is 20.1 Å². The lowest BCUT2D eigenvalue weighted by Gasteiger charge is -2.38. The number of ether oxygens (including phenoxy) is 1. The van der Waals surface area contributed by atoms with Crippen LogP contribution in [0.3, 0.4) is 0 Å². The minimum atomic E-state index is -0.922. The number of likely N-dealkylation sites (tertiary alicyclic amines) is 1. The normalized spacial score (nSPS) is 14.0. The van der Waals surface area contributed by atoms with Crippen LogP contribution in [0.1, 0.15) is 74.0 Å². The highest BCUT2D eigenvalue weighted by Gasteiger charge is 2.39. The van der Waals surface area contributed by atoms with Gasteiger partial charge in [0.1, 0.15) is 11.8 Å². The minimum Gasteiger partial charge on any atom is -0.494 e. The van der Waals surface area contributed by atoms with Crippen LogP contribution in [0, 0.1) is 11.8 Å². The first-order valence-electron chi connectivity index (χ1n) is 16.9. The number of carbonyl (C=O) groups excluding carboxylic acids is 2. The summed E-state index contributed by atoms with van der Waals surface area (Å²) in [6.07, 6.45) is 7.30. The zero-order valence-electron chi connectivity index (χ0n) is 28.9. The van der Waals surface area contributed by atoms with Gasteiger partial charge in [-0.15, -0.1) is 11.3 Å². The molecular formula is C39H46N4O5S. The quantitative estimate of drug-likeness (QED) is 0.134. The second kappa shape index (κ2) is 15.8. The zero-order valence-corrected chi connectivity index (χ0v) is 29.8. The van der Waals surface area contributed by atoms with E-state index in [2.05, 4.69) is 49.9 Å². The van der Waals surface area contributed by atoms with E-state index in [-0.39, 0.29) is 36.7 Å². The maximum Gasteiger partial charge on any atom is 0.310 e. The van der Waals surface area contributed by atoms with E-state index < -0.39 is 17.9 Å². The molecule has 10 heteroatoms. The highest BCUT2D eigenvalue weighted by molar-refractivity contribution is 7.14. The zero-order chi connectivity index (χ0) is 35.1. The van der Waals surface area contributed by atoms with Crippen molar-refractivity contribution in [1.82, 2.24) is 20.2 Å². The maximum absolute atomic E-state index is 13.5. The molecule has 1 atom stereocenters. The van der Waals surface area contributed by atoms with Crippen LogP contribution in [-0.2, 0) is 21.4 Å². The third-order valence-electron chi connectivity index (χ3n) is 8.65. The number of nitrogens with zero attached hydrogens (tertiary/aromatic N) is 3. The van der Waals surface area contributed by atoms with E-state index in [0.29, 0.717) is 17.3 Å². The van der Waals surface area contributed by atoms with Crippen LogP contribution < -0.4 is 10.1 Å². The molecule has 258 valence electrons. The predicted molar refractivity (Wildman–Crippen MR) is 193 cm³/mol. The first-order chi connectivity index (χ1) is 23.4. The number of aromatic nitrogens is 2. The highest BCUT2D eigenvalue weighted by atomic mass is 32.1. The summed E-state index contributed by atoms with van der Waals surface area (Å²) in [5.41, 5.74) is 3.47. The average Bonchev–Trinajstić information content (AvgIpc) is 3.56. The Hall–Kier alpha value is -4.57. The third kappa shape index (κ3) is 9.53. The monoisotopic (exact) mass is 682 g/mol. The number of amides is 2. The number of benzene rings is 2. The van der Waals surface area contributed by atoms with Crippen molar-refractivity contribution in [1.29, 1.82) is 0 Å². The second-order valence-corrected chi connectivity index (χ2v) is 15.3. The molecule has 0 spiro atoms. The third-order valence-corrected chi connectivity index (χ3v) is 10.2. The van der Waals surface area contributed by atoms with Gasteiger partial charge in [0.05, 0.1) is 17.4 Å². The number of aliphatic carboxylic acids is 1. The van der Waals surface area contributed by atoms with Crippen LogP contribution in [0.5, 0.6) is 5.75 Å². The van der Waals surface area contributed by atoms with Gasteiger partial charge in [-0.25, -0.2) is 9.97 Å². The van der Waals surface area contributed by atoms with Crippen molar-refractivity contribution in [2.45, 2.75) is 71.8 Å². The summed E-state index contributed by atoms with van der Waals surface area (Å²) >= 11 is 1.41. The molecule has 9 nitrogen and oxygen atoms in total. The van der Waals surface area contributed by atoms with E-state index in [1.54, 1.807) is 18.5 Å². The van der Waals surface area contributed by atoms with Crippen molar-refractivity contribution in [2.75, 3.05) is 19.7 Å². The number of nitrogens with one attached hydrogen (secondary N) is 1. The van der Waals surface area contributed by atoms with E-state index in [9.17, 15) is 19.5 Å². The molecule has 5 rings (SSSR count). The Labute approximate surface area is 292 Å². The van der Waals surface area contributed by atoms with Gasteiger partial charge in [-0.05, 0) is 59.6 Å². The van der Waals surface area contributed by atoms with Crippen LogP contribution >= 0.6 is 11.3 Å². The molecule has 0 saturated carbocycles. The van der Waals surface area contributed by atoms with Crippen LogP contribution in [0.4, 0.5) is 0 Å². The summed E-state index contributed by atoms with van der Waals surface area (Å²) in [4.78, 5) is 50.4. The number of hydrogen-bond donors (Lipinski definition) is 2. The molecule has 2 aromatic heterocycles. The van der Waals surface area contributed by atoms with Crippen molar-refractivity contribution in [2.24, 2.45) is 11.8 Å². The van der Waals surface area contributed by atoms with Gasteiger partial charge in [0.15, 0.2) is 5.82 Å². The fourth-order valence-electron chi connectivity index (χ4n) is 5.57.